The van der Waals surface area contributed by atoms with Crippen molar-refractivity contribution in [3.63, 3.8) is 0 Å². The second-order valence-electron chi connectivity index (χ2n) is 1.52. The van der Waals surface area contributed by atoms with Crippen LogP contribution in [0, 0.1) is 0 Å². The van der Waals surface area contributed by atoms with Gasteiger partial charge in [0.15, 0.2) is 0 Å². The molecule has 0 aliphatic heterocycles. The Hall–Kier alpha value is 0.790. The number of rotatable bonds is 6. The lowest BCUT2D eigenvalue weighted by Gasteiger charge is -2.13. The van der Waals surface area contributed by atoms with Crippen molar-refractivity contribution < 1.29 is 13.6 Å². The first-order valence-corrected chi connectivity index (χ1v) is 6.95. The van der Waals surface area contributed by atoms with E-state index < -0.39 is 6.80 Å². The Morgan fingerprint density at radius 3 is 2.09 bits per heavy atom. The van der Waals surface area contributed by atoms with Gasteiger partial charge >= 0.3 is 6.80 Å². The highest BCUT2D eigenvalue weighted by atomic mass is 35.5. The average Bonchev–Trinajstić information content (AvgIpc) is 1.88. The Labute approximate surface area is 76.1 Å². The van der Waals surface area contributed by atoms with E-state index in [1.165, 1.54) is 0 Å². The molecule has 0 rings (SSSR count). The standard InChI is InChI=1S/C5H12ClO3PS/c1-3-8-10(7,9-4-2)11-5-6/h3-5H2,1-2H3. The highest BCUT2D eigenvalue weighted by molar-refractivity contribution is 8.55. The monoisotopic (exact) mass is 218 g/mol. The lowest BCUT2D eigenvalue weighted by Crippen LogP contribution is -1.91. The highest BCUT2D eigenvalue weighted by Gasteiger charge is 2.23. The van der Waals surface area contributed by atoms with Crippen molar-refractivity contribution in [2.75, 3.05) is 18.4 Å². The number of halogens is 1. The summed E-state index contributed by atoms with van der Waals surface area (Å²) in [6.07, 6.45) is 0. The predicted octanol–water partition coefficient (Wildman–Crippen LogP) is 3.10. The summed E-state index contributed by atoms with van der Waals surface area (Å²) in [6.45, 7) is 1.35. The minimum atomic E-state index is -2.93. The zero-order chi connectivity index (χ0) is 8.74. The summed E-state index contributed by atoms with van der Waals surface area (Å²) in [5.74, 6) is 0. The molecule has 0 bridgehead atoms. The first-order valence-electron chi connectivity index (χ1n) is 3.28. The maximum atomic E-state index is 11.4. The summed E-state index contributed by atoms with van der Waals surface area (Å²) in [5, 5.41) is 0.220. The van der Waals surface area contributed by atoms with Crippen LogP contribution in [-0.2, 0) is 13.6 Å². The summed E-state index contributed by atoms with van der Waals surface area (Å²) in [6, 6.07) is 0. The fraction of sp³-hybridized carbons (Fsp3) is 1.00. The first kappa shape index (κ1) is 11.8. The normalized spacial score (nSPS) is 11.9. The molecule has 0 N–H and O–H groups in total. The minimum Gasteiger partial charge on any atom is -0.301 e. The molecule has 0 atom stereocenters. The molecule has 0 aromatic rings. The van der Waals surface area contributed by atoms with Crippen LogP contribution in [-0.4, -0.2) is 18.4 Å². The third kappa shape index (κ3) is 5.10. The maximum Gasteiger partial charge on any atom is 0.390 e. The SMILES string of the molecule is CCOP(=O)(OCC)SCCl. The Balaban J connectivity index is 3.91. The van der Waals surface area contributed by atoms with Crippen LogP contribution in [0.25, 0.3) is 0 Å². The molecule has 0 amide bonds. The quantitative estimate of drug-likeness (QED) is 0.507. The van der Waals surface area contributed by atoms with Gasteiger partial charge in [-0.05, 0) is 25.2 Å². The Morgan fingerprint density at radius 1 is 1.36 bits per heavy atom. The maximum absolute atomic E-state index is 11.4. The molecular weight excluding hydrogens is 207 g/mol. The van der Waals surface area contributed by atoms with Gasteiger partial charge in [0.05, 0.1) is 18.4 Å². The summed E-state index contributed by atoms with van der Waals surface area (Å²) in [5.41, 5.74) is 0. The van der Waals surface area contributed by atoms with E-state index in [1.54, 1.807) is 13.8 Å². The molecule has 0 aromatic heterocycles. The Kier molecular flexibility index (Phi) is 6.78. The minimum absolute atomic E-state index is 0.220. The van der Waals surface area contributed by atoms with Gasteiger partial charge < -0.3 is 9.05 Å². The first-order chi connectivity index (χ1) is 5.18. The molecular formula is C5H12ClO3PS. The van der Waals surface area contributed by atoms with E-state index in [0.717, 1.165) is 11.4 Å². The third-order valence-corrected chi connectivity index (χ3v) is 5.10. The van der Waals surface area contributed by atoms with Gasteiger partial charge in [-0.1, -0.05) is 0 Å². The highest BCUT2D eigenvalue weighted by Crippen LogP contribution is 2.60. The van der Waals surface area contributed by atoms with Crippen LogP contribution in [0.2, 0.25) is 0 Å². The van der Waals surface area contributed by atoms with E-state index in [4.69, 9.17) is 20.6 Å². The van der Waals surface area contributed by atoms with Crippen molar-refractivity contribution in [3.8, 4) is 0 Å². The zero-order valence-corrected chi connectivity index (χ0v) is 9.05. The van der Waals surface area contributed by atoms with Gasteiger partial charge in [-0.15, -0.1) is 11.6 Å². The van der Waals surface area contributed by atoms with Crippen molar-refractivity contribution in [1.82, 2.24) is 0 Å². The molecule has 0 aliphatic rings. The van der Waals surface area contributed by atoms with Crippen LogP contribution in [0.1, 0.15) is 13.8 Å². The zero-order valence-electron chi connectivity index (χ0n) is 6.58. The van der Waals surface area contributed by atoms with Crippen LogP contribution in [0.3, 0.4) is 0 Å². The van der Waals surface area contributed by atoms with Crippen molar-refractivity contribution in [3.05, 3.63) is 0 Å². The van der Waals surface area contributed by atoms with Crippen LogP contribution in [0.4, 0.5) is 0 Å². The smallest absolute Gasteiger partial charge is 0.301 e. The third-order valence-electron chi connectivity index (χ3n) is 0.781. The molecule has 0 aromatic carbocycles. The van der Waals surface area contributed by atoms with Crippen LogP contribution in [0.5, 0.6) is 0 Å². The van der Waals surface area contributed by atoms with Gasteiger partial charge in [-0.25, -0.2) is 4.57 Å². The topological polar surface area (TPSA) is 35.5 Å². The Bertz CT molecular complexity index is 120. The summed E-state index contributed by atoms with van der Waals surface area (Å²) >= 11 is 6.39. The van der Waals surface area contributed by atoms with Gasteiger partial charge in [-0.2, -0.15) is 0 Å². The van der Waals surface area contributed by atoms with E-state index in [0.29, 0.717) is 13.2 Å². The summed E-state index contributed by atoms with van der Waals surface area (Å²) in [7, 11) is 0. The van der Waals surface area contributed by atoms with Gasteiger partial charge in [0.2, 0.25) is 0 Å². The van der Waals surface area contributed by atoms with Gasteiger partial charge in [-0.3, -0.25) is 0 Å². The molecule has 0 heterocycles. The molecule has 0 aliphatic carbocycles. The largest absolute Gasteiger partial charge is 0.390 e. The molecule has 11 heavy (non-hydrogen) atoms. The van der Waals surface area contributed by atoms with E-state index in [2.05, 4.69) is 0 Å². The molecule has 0 spiro atoms. The Morgan fingerprint density at radius 2 is 1.82 bits per heavy atom. The molecule has 0 fully saturated rings. The number of hydrogen-bond acceptors (Lipinski definition) is 4. The van der Waals surface area contributed by atoms with Gasteiger partial charge in [0.25, 0.3) is 0 Å². The molecule has 0 saturated carbocycles. The van der Waals surface area contributed by atoms with Crippen LogP contribution < -0.4 is 0 Å². The van der Waals surface area contributed by atoms with E-state index in [1.807, 2.05) is 0 Å². The molecule has 3 nitrogen and oxygen atoms in total. The van der Waals surface area contributed by atoms with Crippen LogP contribution in [0.15, 0.2) is 0 Å². The van der Waals surface area contributed by atoms with Gasteiger partial charge in [0, 0.05) is 0 Å². The van der Waals surface area contributed by atoms with Gasteiger partial charge in [0.1, 0.15) is 0 Å². The molecule has 6 heteroatoms. The van der Waals surface area contributed by atoms with Crippen molar-refractivity contribution in [1.29, 1.82) is 0 Å². The summed E-state index contributed by atoms with van der Waals surface area (Å²) in [4.78, 5) is 0. The molecule has 0 unspecified atom stereocenters. The predicted molar refractivity (Wildman–Crippen MR) is 49.2 cm³/mol. The number of hydrogen-bond donors (Lipinski definition) is 0. The molecule has 0 radical (unpaired) electrons. The lowest BCUT2D eigenvalue weighted by molar-refractivity contribution is 0.237. The van der Waals surface area contributed by atoms with E-state index in [-0.39, 0.29) is 5.21 Å². The summed E-state index contributed by atoms with van der Waals surface area (Å²) < 4.78 is 21.3. The van der Waals surface area contributed by atoms with Crippen molar-refractivity contribution in [2.45, 2.75) is 13.8 Å². The molecule has 68 valence electrons. The fourth-order valence-electron chi connectivity index (χ4n) is 0.488. The van der Waals surface area contributed by atoms with E-state index >= 15 is 0 Å². The second-order valence-corrected chi connectivity index (χ2v) is 6.18. The van der Waals surface area contributed by atoms with Crippen molar-refractivity contribution >= 4 is 29.8 Å². The number of alkyl halides is 1. The molecule has 0 saturated heterocycles. The lowest BCUT2D eigenvalue weighted by atomic mass is 10.9. The van der Waals surface area contributed by atoms with Crippen LogP contribution >= 0.6 is 29.8 Å². The van der Waals surface area contributed by atoms with Crippen molar-refractivity contribution in [2.24, 2.45) is 0 Å². The second kappa shape index (κ2) is 6.32. The fourth-order valence-corrected chi connectivity index (χ4v) is 3.98. The van der Waals surface area contributed by atoms with E-state index in [9.17, 15) is 4.57 Å². The average molecular weight is 219 g/mol.